The van der Waals surface area contributed by atoms with Gasteiger partial charge in [-0.15, -0.1) is 0 Å². The Hall–Kier alpha value is -2.33. The highest BCUT2D eigenvalue weighted by atomic mass is 16.6. The number of rotatable bonds is 0. The molecule has 0 bridgehead atoms. The highest BCUT2D eigenvalue weighted by Crippen LogP contribution is 2.11. The Morgan fingerprint density at radius 3 is 2.43 bits per heavy atom. The first-order chi connectivity index (χ1) is 9.92. The SMILES string of the molecule is CC(C)(C)OC(=O)N1CCNC(=C=O)C1.c1ccncc1. The largest absolute Gasteiger partial charge is 0.444 e. The predicted octanol–water partition coefficient (Wildman–Crippen LogP) is 1.62. The van der Waals surface area contributed by atoms with E-state index < -0.39 is 11.7 Å². The van der Waals surface area contributed by atoms with Crippen LogP contribution in [0.4, 0.5) is 4.79 Å². The van der Waals surface area contributed by atoms with Gasteiger partial charge in [-0.1, -0.05) is 6.07 Å². The second-order valence-electron chi connectivity index (χ2n) is 5.43. The molecule has 0 atom stereocenters. The second kappa shape index (κ2) is 8.07. The summed E-state index contributed by atoms with van der Waals surface area (Å²) in [5.74, 6) is 1.76. The minimum absolute atomic E-state index is 0.248. The maximum absolute atomic E-state index is 11.6. The molecule has 0 unspecified atom stereocenters. The molecule has 0 aromatic carbocycles. The van der Waals surface area contributed by atoms with Crippen LogP contribution in [-0.4, -0.2) is 47.2 Å². The van der Waals surface area contributed by atoms with Gasteiger partial charge in [0.2, 0.25) is 0 Å². The van der Waals surface area contributed by atoms with Crippen molar-refractivity contribution in [1.29, 1.82) is 0 Å². The van der Waals surface area contributed by atoms with Crippen LogP contribution in [0.5, 0.6) is 0 Å². The Morgan fingerprint density at radius 1 is 1.33 bits per heavy atom. The van der Waals surface area contributed by atoms with Crippen molar-refractivity contribution in [2.75, 3.05) is 19.6 Å². The lowest BCUT2D eigenvalue weighted by Crippen LogP contribution is -2.47. The summed E-state index contributed by atoms with van der Waals surface area (Å²) in [6.45, 7) is 6.78. The van der Waals surface area contributed by atoms with Gasteiger partial charge in [0.25, 0.3) is 0 Å². The van der Waals surface area contributed by atoms with Crippen LogP contribution in [0.25, 0.3) is 0 Å². The molecule has 0 aliphatic carbocycles. The minimum atomic E-state index is -0.507. The van der Waals surface area contributed by atoms with Crippen LogP contribution in [0.2, 0.25) is 0 Å². The first-order valence-electron chi connectivity index (χ1n) is 6.73. The first kappa shape index (κ1) is 16.7. The van der Waals surface area contributed by atoms with Gasteiger partial charge in [0.15, 0.2) is 0 Å². The van der Waals surface area contributed by atoms with Crippen molar-refractivity contribution in [3.8, 4) is 0 Å². The molecule has 6 nitrogen and oxygen atoms in total. The predicted molar refractivity (Wildman–Crippen MR) is 79.3 cm³/mol. The molecule has 21 heavy (non-hydrogen) atoms. The second-order valence-corrected chi connectivity index (χ2v) is 5.43. The minimum Gasteiger partial charge on any atom is -0.444 e. The van der Waals surface area contributed by atoms with E-state index >= 15 is 0 Å². The van der Waals surface area contributed by atoms with Crippen molar-refractivity contribution >= 4 is 12.0 Å². The number of nitrogens with zero attached hydrogens (tertiary/aromatic N) is 2. The first-order valence-corrected chi connectivity index (χ1v) is 6.73. The molecule has 1 aliphatic heterocycles. The van der Waals surface area contributed by atoms with Gasteiger partial charge in [-0.25, -0.2) is 9.59 Å². The number of hydrogen-bond donors (Lipinski definition) is 1. The summed E-state index contributed by atoms with van der Waals surface area (Å²) in [6, 6.07) is 5.72. The average Bonchev–Trinajstić information content (AvgIpc) is 2.48. The van der Waals surface area contributed by atoms with E-state index in [9.17, 15) is 9.59 Å². The van der Waals surface area contributed by atoms with Gasteiger partial charge in [0.05, 0.1) is 6.54 Å². The van der Waals surface area contributed by atoms with Gasteiger partial charge in [0.1, 0.15) is 17.2 Å². The molecule has 1 saturated heterocycles. The molecule has 0 radical (unpaired) electrons. The van der Waals surface area contributed by atoms with Crippen LogP contribution < -0.4 is 5.32 Å². The van der Waals surface area contributed by atoms with E-state index in [1.807, 2.05) is 39.0 Å². The van der Waals surface area contributed by atoms with Crippen molar-refractivity contribution in [1.82, 2.24) is 15.2 Å². The van der Waals surface area contributed by atoms with Crippen molar-refractivity contribution < 1.29 is 14.3 Å². The zero-order valence-electron chi connectivity index (χ0n) is 12.6. The molecular weight excluding hydrogens is 270 g/mol. The Morgan fingerprint density at radius 2 is 2.00 bits per heavy atom. The van der Waals surface area contributed by atoms with Gasteiger partial charge >= 0.3 is 6.09 Å². The van der Waals surface area contributed by atoms with Gasteiger partial charge in [-0.3, -0.25) is 9.88 Å². The zero-order valence-corrected chi connectivity index (χ0v) is 12.6. The van der Waals surface area contributed by atoms with Crippen LogP contribution in [0, 0.1) is 0 Å². The Balaban J connectivity index is 0.000000304. The van der Waals surface area contributed by atoms with Gasteiger partial charge in [-0.2, -0.15) is 0 Å². The summed E-state index contributed by atoms with van der Waals surface area (Å²) in [6.07, 6.45) is 3.11. The van der Waals surface area contributed by atoms with E-state index in [-0.39, 0.29) is 6.54 Å². The van der Waals surface area contributed by atoms with Crippen LogP contribution in [0.1, 0.15) is 20.8 Å². The van der Waals surface area contributed by atoms with Crippen LogP contribution >= 0.6 is 0 Å². The summed E-state index contributed by atoms with van der Waals surface area (Å²) in [5, 5.41) is 2.86. The standard InChI is InChI=1S/C10H16N2O3.C5H5N/c1-10(2,3)15-9(14)12-5-4-11-8(6-12)7-13;1-2-4-6-5-3-1/h11H,4-6H2,1-3H3;1-5H. The van der Waals surface area contributed by atoms with Gasteiger partial charge in [-0.05, 0) is 32.9 Å². The Bertz CT molecular complexity index is 464. The monoisotopic (exact) mass is 291 g/mol. The average molecular weight is 291 g/mol. The fourth-order valence-corrected chi connectivity index (χ4v) is 1.53. The summed E-state index contributed by atoms with van der Waals surface area (Å²) in [7, 11) is 0. The molecule has 2 heterocycles. The van der Waals surface area contributed by atoms with E-state index in [1.165, 1.54) is 4.90 Å². The number of aromatic nitrogens is 1. The molecule has 1 aromatic rings. The summed E-state index contributed by atoms with van der Waals surface area (Å²) >= 11 is 0. The number of amides is 1. The molecule has 0 saturated carbocycles. The number of pyridine rings is 1. The maximum Gasteiger partial charge on any atom is 0.410 e. The normalized spacial score (nSPS) is 14.2. The third-order valence-corrected chi connectivity index (χ3v) is 2.41. The van der Waals surface area contributed by atoms with E-state index in [2.05, 4.69) is 10.3 Å². The summed E-state index contributed by atoms with van der Waals surface area (Å²) in [4.78, 5) is 27.3. The summed E-state index contributed by atoms with van der Waals surface area (Å²) < 4.78 is 5.19. The van der Waals surface area contributed by atoms with Crippen molar-refractivity contribution in [3.05, 3.63) is 36.3 Å². The number of hydrogen-bond acceptors (Lipinski definition) is 5. The molecule has 1 fully saturated rings. The van der Waals surface area contributed by atoms with E-state index in [4.69, 9.17) is 4.74 Å². The lowest BCUT2D eigenvalue weighted by atomic mass is 10.2. The van der Waals surface area contributed by atoms with E-state index in [0.29, 0.717) is 18.8 Å². The lowest BCUT2D eigenvalue weighted by molar-refractivity contribution is 0.0250. The molecule has 0 spiro atoms. The molecule has 6 heteroatoms. The molecule has 2 rings (SSSR count). The Kier molecular flexibility index (Phi) is 6.43. The van der Waals surface area contributed by atoms with Crippen LogP contribution in [0.15, 0.2) is 36.3 Å². The molecule has 1 aliphatic rings. The molecular formula is C15H21N3O3. The van der Waals surface area contributed by atoms with Crippen LogP contribution in [-0.2, 0) is 9.53 Å². The number of piperazine rings is 1. The smallest absolute Gasteiger partial charge is 0.410 e. The maximum atomic E-state index is 11.6. The molecule has 1 amide bonds. The number of carbonyl (C=O) groups is 1. The van der Waals surface area contributed by atoms with Gasteiger partial charge < -0.3 is 10.1 Å². The third-order valence-electron chi connectivity index (χ3n) is 2.41. The van der Waals surface area contributed by atoms with Crippen molar-refractivity contribution in [3.63, 3.8) is 0 Å². The molecule has 114 valence electrons. The highest BCUT2D eigenvalue weighted by Gasteiger charge is 2.25. The topological polar surface area (TPSA) is 71.5 Å². The quantitative estimate of drug-likeness (QED) is 0.736. The fraction of sp³-hybridized carbons (Fsp3) is 0.467. The number of ether oxygens (including phenoxy) is 1. The third kappa shape index (κ3) is 7.13. The van der Waals surface area contributed by atoms with E-state index in [0.717, 1.165) is 0 Å². The zero-order chi connectivity index (χ0) is 15.7. The van der Waals surface area contributed by atoms with E-state index in [1.54, 1.807) is 18.3 Å². The Labute approximate surface area is 124 Å². The number of nitrogens with one attached hydrogen (secondary N) is 1. The van der Waals surface area contributed by atoms with Crippen molar-refractivity contribution in [2.45, 2.75) is 26.4 Å². The molecule has 1 aromatic heterocycles. The summed E-state index contributed by atoms with van der Waals surface area (Å²) in [5.41, 5.74) is -0.111. The van der Waals surface area contributed by atoms with Crippen molar-refractivity contribution in [2.24, 2.45) is 0 Å². The van der Waals surface area contributed by atoms with Crippen LogP contribution in [0.3, 0.4) is 0 Å². The number of carbonyl (C=O) groups excluding carboxylic acids is 2. The lowest BCUT2D eigenvalue weighted by Gasteiger charge is -2.30. The highest BCUT2D eigenvalue weighted by molar-refractivity contribution is 5.69. The molecule has 1 N–H and O–H groups in total. The van der Waals surface area contributed by atoms with Gasteiger partial charge in [0, 0.05) is 25.5 Å². The fourth-order valence-electron chi connectivity index (χ4n) is 1.53.